The zero-order valence-corrected chi connectivity index (χ0v) is 5.76. The van der Waals surface area contributed by atoms with Crippen molar-refractivity contribution in [1.82, 2.24) is 0 Å². The Morgan fingerprint density at radius 2 is 1.09 bits per heavy atom. The molecule has 1 radical (unpaired) electrons. The summed E-state index contributed by atoms with van der Waals surface area (Å²) in [6.07, 6.45) is -4.53. The van der Waals surface area contributed by atoms with E-state index in [1.807, 2.05) is 0 Å². The predicted molar refractivity (Wildman–Crippen MR) is 33.0 cm³/mol. The fraction of sp³-hybridized carbons (Fsp3) is 0.500. The Kier molecular flexibility index (Phi) is 6.13. The number of aliphatic carboxylic acids is 2. The molecule has 0 aliphatic carbocycles. The molecular formula is C4H6LiO6. The molecule has 11 heavy (non-hydrogen) atoms. The zero-order valence-electron chi connectivity index (χ0n) is 5.76. The molecule has 0 rings (SSSR count). The SMILES string of the molecule is O=C(O)C(O)C(O)C(=O)O.[Li]. The van der Waals surface area contributed by atoms with Crippen LogP contribution in [0.4, 0.5) is 0 Å². The third kappa shape index (κ3) is 4.01. The number of hydrogen-bond donors (Lipinski definition) is 4. The molecule has 0 aromatic heterocycles. The summed E-state index contributed by atoms with van der Waals surface area (Å²) in [5.41, 5.74) is 0. The van der Waals surface area contributed by atoms with Gasteiger partial charge in [0.1, 0.15) is 0 Å². The number of hydrogen-bond acceptors (Lipinski definition) is 4. The molecule has 0 spiro atoms. The standard InChI is InChI=1S/C4H6O6.Li/c5-1(3(7)8)2(6)4(9)10;/h1-2,5-6H,(H,7,8)(H,9,10);. The van der Waals surface area contributed by atoms with Gasteiger partial charge in [0.15, 0.2) is 12.2 Å². The Morgan fingerprint density at radius 3 is 1.18 bits per heavy atom. The first-order chi connectivity index (χ1) is 4.46. The monoisotopic (exact) mass is 157 g/mol. The van der Waals surface area contributed by atoms with Crippen molar-refractivity contribution in [3.63, 3.8) is 0 Å². The van der Waals surface area contributed by atoms with Crippen LogP contribution in [0.15, 0.2) is 0 Å². The molecule has 0 aliphatic heterocycles. The maximum atomic E-state index is 9.77. The maximum Gasteiger partial charge on any atom is 0.335 e. The van der Waals surface area contributed by atoms with Gasteiger partial charge in [0.05, 0.1) is 0 Å². The summed E-state index contributed by atoms with van der Waals surface area (Å²) in [6, 6.07) is 0. The summed E-state index contributed by atoms with van der Waals surface area (Å²) in [4.78, 5) is 19.5. The summed E-state index contributed by atoms with van der Waals surface area (Å²) < 4.78 is 0. The molecule has 2 atom stereocenters. The van der Waals surface area contributed by atoms with E-state index >= 15 is 0 Å². The molecule has 0 amide bonds. The van der Waals surface area contributed by atoms with Crippen molar-refractivity contribution >= 4 is 30.8 Å². The van der Waals surface area contributed by atoms with Crippen LogP contribution in [0.2, 0.25) is 0 Å². The van der Waals surface area contributed by atoms with E-state index in [-0.39, 0.29) is 18.9 Å². The second kappa shape index (κ2) is 5.15. The van der Waals surface area contributed by atoms with Gasteiger partial charge in [-0.05, 0) is 0 Å². The topological polar surface area (TPSA) is 115 Å². The number of aliphatic hydroxyl groups is 2. The molecule has 0 heterocycles. The van der Waals surface area contributed by atoms with Gasteiger partial charge in [-0.3, -0.25) is 0 Å². The van der Waals surface area contributed by atoms with Crippen molar-refractivity contribution < 1.29 is 30.0 Å². The number of carbonyl (C=O) groups is 2. The second-order valence-corrected chi connectivity index (χ2v) is 1.57. The zero-order chi connectivity index (χ0) is 8.31. The third-order valence-electron chi connectivity index (χ3n) is 0.805. The second-order valence-electron chi connectivity index (χ2n) is 1.57. The molecule has 4 N–H and O–H groups in total. The normalized spacial score (nSPS) is 14.4. The Balaban J connectivity index is 0. The minimum Gasteiger partial charge on any atom is -0.479 e. The van der Waals surface area contributed by atoms with Crippen LogP contribution in [0.25, 0.3) is 0 Å². The Hall–Kier alpha value is -0.543. The molecule has 0 saturated carbocycles. The van der Waals surface area contributed by atoms with Gasteiger partial charge in [0.25, 0.3) is 0 Å². The van der Waals surface area contributed by atoms with Crippen molar-refractivity contribution in [2.75, 3.05) is 0 Å². The van der Waals surface area contributed by atoms with Crippen LogP contribution >= 0.6 is 0 Å². The van der Waals surface area contributed by atoms with Crippen molar-refractivity contribution in [2.24, 2.45) is 0 Å². The van der Waals surface area contributed by atoms with E-state index in [2.05, 4.69) is 0 Å². The summed E-state index contributed by atoms with van der Waals surface area (Å²) in [7, 11) is 0. The summed E-state index contributed by atoms with van der Waals surface area (Å²) >= 11 is 0. The average Bonchev–Trinajstić information content (AvgIpc) is 1.84. The van der Waals surface area contributed by atoms with Crippen molar-refractivity contribution in [3.05, 3.63) is 0 Å². The van der Waals surface area contributed by atoms with E-state index in [4.69, 9.17) is 20.4 Å². The maximum absolute atomic E-state index is 9.77. The number of carboxylic acids is 2. The first-order valence-corrected chi connectivity index (χ1v) is 2.28. The Morgan fingerprint density at radius 1 is 0.909 bits per heavy atom. The largest absolute Gasteiger partial charge is 0.479 e. The fourth-order valence-electron chi connectivity index (χ4n) is 0.270. The van der Waals surface area contributed by atoms with Gasteiger partial charge < -0.3 is 20.4 Å². The smallest absolute Gasteiger partial charge is 0.335 e. The van der Waals surface area contributed by atoms with Gasteiger partial charge in [-0.2, -0.15) is 0 Å². The van der Waals surface area contributed by atoms with Gasteiger partial charge in [-0.1, -0.05) is 0 Å². The van der Waals surface area contributed by atoms with E-state index in [1.54, 1.807) is 0 Å². The molecule has 0 fully saturated rings. The van der Waals surface area contributed by atoms with Crippen LogP contribution in [0.3, 0.4) is 0 Å². The summed E-state index contributed by atoms with van der Waals surface area (Å²) in [5, 5.41) is 32.5. The van der Waals surface area contributed by atoms with Crippen LogP contribution in [-0.2, 0) is 9.59 Å². The van der Waals surface area contributed by atoms with E-state index in [0.717, 1.165) is 0 Å². The number of rotatable bonds is 3. The molecule has 0 aromatic rings. The average molecular weight is 157 g/mol. The van der Waals surface area contributed by atoms with Gasteiger partial charge in [0, 0.05) is 18.9 Å². The Labute approximate surface area is 73.6 Å². The molecule has 6 nitrogen and oxygen atoms in total. The number of carboxylic acid groups (broad SMARTS) is 2. The van der Waals surface area contributed by atoms with Crippen LogP contribution < -0.4 is 0 Å². The summed E-state index contributed by atoms with van der Waals surface area (Å²) in [6.45, 7) is 0. The third-order valence-corrected chi connectivity index (χ3v) is 0.805. The van der Waals surface area contributed by atoms with Gasteiger partial charge in [0.2, 0.25) is 0 Å². The van der Waals surface area contributed by atoms with Crippen LogP contribution in [0, 0.1) is 0 Å². The van der Waals surface area contributed by atoms with Crippen LogP contribution in [0.1, 0.15) is 0 Å². The molecule has 2 unspecified atom stereocenters. The molecule has 59 valence electrons. The summed E-state index contributed by atoms with van der Waals surface area (Å²) in [5.74, 6) is -3.54. The van der Waals surface area contributed by atoms with E-state index in [9.17, 15) is 9.59 Å². The Bertz CT molecular complexity index is 139. The van der Waals surface area contributed by atoms with Gasteiger partial charge in [-0.15, -0.1) is 0 Å². The molecular weight excluding hydrogens is 151 g/mol. The number of aliphatic hydroxyl groups excluding tert-OH is 2. The van der Waals surface area contributed by atoms with Crippen LogP contribution in [0.5, 0.6) is 0 Å². The molecule has 0 aliphatic rings. The molecule has 7 heteroatoms. The molecule has 0 aromatic carbocycles. The minimum atomic E-state index is -2.27. The molecule has 0 bridgehead atoms. The first kappa shape index (κ1) is 13.1. The van der Waals surface area contributed by atoms with E-state index in [0.29, 0.717) is 0 Å². The predicted octanol–water partition coefficient (Wildman–Crippen LogP) is -2.50. The minimum absolute atomic E-state index is 0. The van der Waals surface area contributed by atoms with E-state index in [1.165, 1.54) is 0 Å². The van der Waals surface area contributed by atoms with Gasteiger partial charge in [-0.25, -0.2) is 9.59 Å². The van der Waals surface area contributed by atoms with E-state index < -0.39 is 24.1 Å². The van der Waals surface area contributed by atoms with Crippen molar-refractivity contribution in [2.45, 2.75) is 12.2 Å². The first-order valence-electron chi connectivity index (χ1n) is 2.28. The quantitative estimate of drug-likeness (QED) is 0.336. The van der Waals surface area contributed by atoms with Crippen LogP contribution in [-0.4, -0.2) is 63.4 Å². The van der Waals surface area contributed by atoms with Crippen molar-refractivity contribution in [1.29, 1.82) is 0 Å². The molecule has 0 saturated heterocycles. The fourth-order valence-corrected chi connectivity index (χ4v) is 0.270. The van der Waals surface area contributed by atoms with Gasteiger partial charge >= 0.3 is 11.9 Å². The van der Waals surface area contributed by atoms with Crippen molar-refractivity contribution in [3.8, 4) is 0 Å².